The summed E-state index contributed by atoms with van der Waals surface area (Å²) < 4.78 is 5.96. The van der Waals surface area contributed by atoms with Crippen LogP contribution in [-0.2, 0) is 16.1 Å². The third-order valence-electron chi connectivity index (χ3n) is 1.75. The molecule has 88 valence electrons. The van der Waals surface area contributed by atoms with Gasteiger partial charge in [0, 0.05) is 12.6 Å². The maximum atomic E-state index is 11.3. The molecule has 1 rings (SSSR count). The number of carbonyl (C=O) groups is 1. The van der Waals surface area contributed by atoms with Crippen molar-refractivity contribution in [1.29, 1.82) is 0 Å². The molecule has 1 aromatic rings. The Hall–Kier alpha value is -1.50. The lowest BCUT2D eigenvalue weighted by Crippen LogP contribution is -2.17. The van der Waals surface area contributed by atoms with Crippen LogP contribution >= 0.6 is 11.8 Å². The highest BCUT2D eigenvalue weighted by molar-refractivity contribution is 8.02. The fourth-order valence-corrected chi connectivity index (χ4v) is 1.73. The summed E-state index contributed by atoms with van der Waals surface area (Å²) in [6.07, 6.45) is 2.12. The second-order valence-electron chi connectivity index (χ2n) is 2.91. The van der Waals surface area contributed by atoms with E-state index in [4.69, 9.17) is 0 Å². The summed E-state index contributed by atoms with van der Waals surface area (Å²) in [7, 11) is 1.30. The van der Waals surface area contributed by atoms with Gasteiger partial charge in [-0.2, -0.15) is 0 Å². The Morgan fingerprint density at radius 3 is 3.06 bits per heavy atom. The molecule has 0 aliphatic carbocycles. The Kier molecular flexibility index (Phi) is 4.84. The number of hydrogen-bond donors (Lipinski definition) is 1. The average molecular weight is 243 g/mol. The summed E-state index contributed by atoms with van der Waals surface area (Å²) >= 11 is 1.19. The molecule has 0 aromatic carbocycles. The molecule has 0 bridgehead atoms. The second-order valence-corrected chi connectivity index (χ2v) is 3.78. The van der Waals surface area contributed by atoms with Gasteiger partial charge in [0.1, 0.15) is 0 Å². The maximum Gasteiger partial charge on any atom is 0.343 e. The van der Waals surface area contributed by atoms with Crippen molar-refractivity contribution in [3.05, 3.63) is 22.0 Å². The van der Waals surface area contributed by atoms with Crippen LogP contribution in [0.25, 0.3) is 0 Å². The minimum Gasteiger partial charge on any atom is -0.466 e. The zero-order valence-corrected chi connectivity index (χ0v) is 9.91. The van der Waals surface area contributed by atoms with Gasteiger partial charge in [0.25, 0.3) is 0 Å². The van der Waals surface area contributed by atoms with Gasteiger partial charge in [-0.25, -0.2) is 14.7 Å². The molecule has 0 fully saturated rings. The minimum absolute atomic E-state index is 0.240. The molecule has 0 spiro atoms. The lowest BCUT2D eigenvalue weighted by Gasteiger charge is -1.99. The van der Waals surface area contributed by atoms with E-state index in [1.165, 1.54) is 34.9 Å². The van der Waals surface area contributed by atoms with Crippen molar-refractivity contribution >= 4 is 17.7 Å². The molecule has 0 amide bonds. The topological polar surface area (TPSA) is 77.0 Å². The number of carbonyl (C=O) groups excluding carboxylic acids is 1. The smallest absolute Gasteiger partial charge is 0.343 e. The number of nitrogens with one attached hydrogen (secondary N) is 1. The summed E-state index contributed by atoms with van der Waals surface area (Å²) in [5.41, 5.74) is -0.240. The lowest BCUT2D eigenvalue weighted by atomic mass is 10.5. The van der Waals surface area contributed by atoms with Gasteiger partial charge in [0.15, 0.2) is 5.16 Å². The molecule has 0 radical (unpaired) electrons. The predicted molar refractivity (Wildman–Crippen MR) is 60.2 cm³/mol. The fraction of sp³-hybridized carbons (Fsp3) is 0.444. The Balaban J connectivity index is 2.70. The van der Waals surface area contributed by atoms with Crippen molar-refractivity contribution in [1.82, 2.24) is 14.8 Å². The number of nitrogens with zero attached hydrogens (tertiary/aromatic N) is 2. The summed E-state index contributed by atoms with van der Waals surface area (Å²) in [4.78, 5) is 22.1. The van der Waals surface area contributed by atoms with Gasteiger partial charge in [-0.1, -0.05) is 18.7 Å². The third kappa shape index (κ3) is 3.27. The number of ether oxygens (including phenoxy) is 1. The molecule has 0 saturated heterocycles. The Labute approximate surface area is 96.7 Å². The van der Waals surface area contributed by atoms with E-state index in [1.807, 2.05) is 6.92 Å². The third-order valence-corrected chi connectivity index (χ3v) is 2.54. The molecule has 7 heteroatoms. The molecular weight excluding hydrogens is 230 g/mol. The van der Waals surface area contributed by atoms with Gasteiger partial charge in [-0.15, -0.1) is 5.10 Å². The first kappa shape index (κ1) is 12.6. The van der Waals surface area contributed by atoms with Crippen LogP contribution in [0.4, 0.5) is 0 Å². The summed E-state index contributed by atoms with van der Waals surface area (Å²) in [6, 6.07) is 0. The highest BCUT2D eigenvalue weighted by Crippen LogP contribution is 2.14. The molecular formula is C9H13N3O3S. The van der Waals surface area contributed by atoms with Crippen LogP contribution in [0.3, 0.4) is 0 Å². The molecule has 1 N–H and O–H groups in total. The number of hydrogen-bond acceptors (Lipinski definition) is 5. The van der Waals surface area contributed by atoms with Crippen LogP contribution in [-0.4, -0.2) is 27.8 Å². The number of methoxy groups -OCH3 is 1. The summed E-state index contributed by atoms with van der Waals surface area (Å²) in [5.74, 6) is -0.438. The number of thioether (sulfide) groups is 1. The standard InChI is InChI=1S/C9H13N3O3S/c1-3-5-12-8(14)10-11-9(12)16-6-4-7(13)15-2/h4,6H,3,5H2,1-2H3,(H,10,14). The Morgan fingerprint density at radius 2 is 2.44 bits per heavy atom. The molecule has 0 aliphatic rings. The van der Waals surface area contributed by atoms with E-state index in [-0.39, 0.29) is 5.69 Å². The predicted octanol–water partition coefficient (Wildman–Crippen LogP) is 0.760. The SMILES string of the molecule is CCCn1c(SC=CC(=O)OC)n[nH]c1=O. The van der Waals surface area contributed by atoms with Crippen molar-refractivity contribution in [2.45, 2.75) is 25.0 Å². The van der Waals surface area contributed by atoms with Crippen molar-refractivity contribution in [3.63, 3.8) is 0 Å². The molecule has 1 heterocycles. The van der Waals surface area contributed by atoms with Crippen LogP contribution in [0.1, 0.15) is 13.3 Å². The maximum absolute atomic E-state index is 11.3. The van der Waals surface area contributed by atoms with Gasteiger partial charge in [0.2, 0.25) is 0 Å². The summed E-state index contributed by atoms with van der Waals surface area (Å²) in [5, 5.41) is 8.27. The first-order chi connectivity index (χ1) is 7.69. The van der Waals surface area contributed by atoms with E-state index in [0.717, 1.165) is 6.42 Å². The van der Waals surface area contributed by atoms with E-state index in [1.54, 1.807) is 0 Å². The van der Waals surface area contributed by atoms with Gasteiger partial charge in [-0.3, -0.25) is 4.57 Å². The molecule has 6 nitrogen and oxygen atoms in total. The first-order valence-electron chi connectivity index (χ1n) is 4.75. The molecule has 16 heavy (non-hydrogen) atoms. The van der Waals surface area contributed by atoms with Gasteiger partial charge < -0.3 is 4.74 Å². The van der Waals surface area contributed by atoms with Crippen LogP contribution in [0.2, 0.25) is 0 Å². The van der Waals surface area contributed by atoms with Crippen molar-refractivity contribution in [3.8, 4) is 0 Å². The normalized spacial score (nSPS) is 10.9. The number of aromatic nitrogens is 3. The van der Waals surface area contributed by atoms with Crippen molar-refractivity contribution in [2.24, 2.45) is 0 Å². The van der Waals surface area contributed by atoms with Crippen LogP contribution in [0, 0.1) is 0 Å². The zero-order valence-electron chi connectivity index (χ0n) is 9.10. The van der Waals surface area contributed by atoms with E-state index < -0.39 is 5.97 Å². The Bertz CT molecular complexity index is 435. The second kappa shape index (κ2) is 6.16. The van der Waals surface area contributed by atoms with Crippen molar-refractivity contribution in [2.75, 3.05) is 7.11 Å². The number of aromatic amines is 1. The number of rotatable bonds is 5. The number of esters is 1. The summed E-state index contributed by atoms with van der Waals surface area (Å²) in [6.45, 7) is 2.57. The average Bonchev–Trinajstić information content (AvgIpc) is 2.62. The molecule has 1 aromatic heterocycles. The largest absolute Gasteiger partial charge is 0.466 e. The highest BCUT2D eigenvalue weighted by atomic mass is 32.2. The molecule has 0 unspecified atom stereocenters. The van der Waals surface area contributed by atoms with Gasteiger partial charge >= 0.3 is 11.7 Å². The zero-order chi connectivity index (χ0) is 12.0. The van der Waals surface area contributed by atoms with E-state index in [2.05, 4.69) is 14.9 Å². The molecule has 0 atom stereocenters. The van der Waals surface area contributed by atoms with Crippen LogP contribution in [0.5, 0.6) is 0 Å². The first-order valence-corrected chi connectivity index (χ1v) is 5.63. The fourth-order valence-electron chi connectivity index (χ4n) is 1.03. The van der Waals surface area contributed by atoms with E-state index in [9.17, 15) is 9.59 Å². The van der Waals surface area contributed by atoms with Crippen LogP contribution in [0.15, 0.2) is 21.4 Å². The van der Waals surface area contributed by atoms with Crippen LogP contribution < -0.4 is 5.69 Å². The van der Waals surface area contributed by atoms with E-state index in [0.29, 0.717) is 11.7 Å². The van der Waals surface area contributed by atoms with Gasteiger partial charge in [0.05, 0.1) is 7.11 Å². The minimum atomic E-state index is -0.438. The highest BCUT2D eigenvalue weighted by Gasteiger charge is 2.06. The molecule has 0 aliphatic heterocycles. The number of H-pyrrole nitrogens is 1. The Morgan fingerprint density at radius 1 is 1.69 bits per heavy atom. The van der Waals surface area contributed by atoms with E-state index >= 15 is 0 Å². The lowest BCUT2D eigenvalue weighted by molar-refractivity contribution is -0.134. The van der Waals surface area contributed by atoms with Gasteiger partial charge in [-0.05, 0) is 11.8 Å². The van der Waals surface area contributed by atoms with Crippen molar-refractivity contribution < 1.29 is 9.53 Å². The molecule has 0 saturated carbocycles. The quantitative estimate of drug-likeness (QED) is 0.469. The monoisotopic (exact) mass is 243 g/mol.